The Kier molecular flexibility index (Phi) is 2.36. The maximum Gasteiger partial charge on any atom is 0.0358 e. The van der Waals surface area contributed by atoms with E-state index in [4.69, 9.17) is 0 Å². The minimum atomic E-state index is 0.603. The van der Waals surface area contributed by atoms with Crippen molar-refractivity contribution in [2.24, 2.45) is 5.92 Å². The maximum atomic E-state index is 3.45. The molecular formula is C12H17N. The topological polar surface area (TPSA) is 12.0 Å². The Morgan fingerprint density at radius 3 is 2.38 bits per heavy atom. The Morgan fingerprint density at radius 2 is 2.00 bits per heavy atom. The van der Waals surface area contributed by atoms with Gasteiger partial charge >= 0.3 is 0 Å². The van der Waals surface area contributed by atoms with Crippen molar-refractivity contribution < 1.29 is 0 Å². The van der Waals surface area contributed by atoms with Gasteiger partial charge in [-0.15, -0.1) is 0 Å². The Labute approximate surface area is 80.2 Å². The van der Waals surface area contributed by atoms with Crippen molar-refractivity contribution in [1.82, 2.24) is 5.32 Å². The second-order valence-corrected chi connectivity index (χ2v) is 3.96. The van der Waals surface area contributed by atoms with Crippen LogP contribution in [0.4, 0.5) is 0 Å². The fraction of sp³-hybridized carbons (Fsp3) is 0.500. The predicted molar refractivity (Wildman–Crippen MR) is 55.7 cm³/mol. The van der Waals surface area contributed by atoms with Gasteiger partial charge in [0.05, 0.1) is 0 Å². The summed E-state index contributed by atoms with van der Waals surface area (Å²) in [7, 11) is 0. The zero-order chi connectivity index (χ0) is 9.26. The van der Waals surface area contributed by atoms with E-state index >= 15 is 0 Å². The number of rotatable bonds is 2. The van der Waals surface area contributed by atoms with E-state index in [9.17, 15) is 0 Å². The second kappa shape index (κ2) is 3.51. The first-order valence-corrected chi connectivity index (χ1v) is 5.13. The second-order valence-electron chi connectivity index (χ2n) is 3.96. The quantitative estimate of drug-likeness (QED) is 0.728. The van der Waals surface area contributed by atoms with Gasteiger partial charge in [-0.1, -0.05) is 38.1 Å². The molecule has 1 N–H and O–H groups in total. The van der Waals surface area contributed by atoms with Crippen LogP contribution in [0.15, 0.2) is 24.3 Å². The van der Waals surface area contributed by atoms with E-state index in [0.717, 1.165) is 12.3 Å². The standard InChI is InChI=1S/C12H17N/c1-3-10-4-6-11(7-5-10)12-9(2)8-13-12/h4-7,9,12-13H,3,8H2,1-2H3. The summed E-state index contributed by atoms with van der Waals surface area (Å²) in [5.74, 6) is 0.799. The third-order valence-corrected chi connectivity index (χ3v) is 2.98. The van der Waals surface area contributed by atoms with Gasteiger partial charge in [0.1, 0.15) is 0 Å². The Bertz CT molecular complexity index is 276. The molecule has 1 saturated heterocycles. The van der Waals surface area contributed by atoms with Crippen molar-refractivity contribution in [1.29, 1.82) is 0 Å². The van der Waals surface area contributed by atoms with E-state index in [2.05, 4.69) is 43.4 Å². The van der Waals surface area contributed by atoms with Crippen LogP contribution in [0.2, 0.25) is 0 Å². The van der Waals surface area contributed by atoms with E-state index < -0.39 is 0 Å². The minimum Gasteiger partial charge on any atom is -0.309 e. The van der Waals surface area contributed by atoms with Gasteiger partial charge in [-0.2, -0.15) is 0 Å². The first kappa shape index (κ1) is 8.76. The number of benzene rings is 1. The third kappa shape index (κ3) is 1.61. The summed E-state index contributed by atoms with van der Waals surface area (Å²) in [6.45, 7) is 5.66. The number of nitrogens with one attached hydrogen (secondary N) is 1. The molecule has 1 fully saturated rings. The molecule has 2 rings (SSSR count). The number of hydrogen-bond acceptors (Lipinski definition) is 1. The lowest BCUT2D eigenvalue weighted by molar-refractivity contribution is 0.258. The molecule has 0 saturated carbocycles. The van der Waals surface area contributed by atoms with Crippen molar-refractivity contribution in [3.63, 3.8) is 0 Å². The van der Waals surface area contributed by atoms with Crippen molar-refractivity contribution in [3.05, 3.63) is 35.4 Å². The van der Waals surface area contributed by atoms with E-state index in [1.54, 1.807) is 0 Å². The molecule has 70 valence electrons. The molecule has 13 heavy (non-hydrogen) atoms. The monoisotopic (exact) mass is 175 g/mol. The fourth-order valence-corrected chi connectivity index (χ4v) is 1.88. The molecule has 0 aromatic heterocycles. The van der Waals surface area contributed by atoms with Crippen molar-refractivity contribution in [3.8, 4) is 0 Å². The normalized spacial score (nSPS) is 26.9. The predicted octanol–water partition coefficient (Wildman–Crippen LogP) is 2.53. The van der Waals surface area contributed by atoms with E-state index in [1.807, 2.05) is 0 Å². The molecular weight excluding hydrogens is 158 g/mol. The first-order valence-electron chi connectivity index (χ1n) is 5.13. The molecule has 0 amide bonds. The summed E-state index contributed by atoms with van der Waals surface area (Å²) in [6, 6.07) is 9.59. The molecule has 1 aliphatic rings. The summed E-state index contributed by atoms with van der Waals surface area (Å²) in [5, 5.41) is 3.45. The summed E-state index contributed by atoms with van der Waals surface area (Å²) in [4.78, 5) is 0. The highest BCUT2D eigenvalue weighted by atomic mass is 15.0. The molecule has 0 bridgehead atoms. The fourth-order valence-electron chi connectivity index (χ4n) is 1.88. The lowest BCUT2D eigenvalue weighted by atomic mass is 9.87. The van der Waals surface area contributed by atoms with Crippen LogP contribution in [0, 0.1) is 5.92 Å². The van der Waals surface area contributed by atoms with E-state index in [-0.39, 0.29) is 0 Å². The van der Waals surface area contributed by atoms with Crippen LogP contribution in [0.3, 0.4) is 0 Å². The highest BCUT2D eigenvalue weighted by Crippen LogP contribution is 2.28. The summed E-state index contributed by atoms with van der Waals surface area (Å²) < 4.78 is 0. The van der Waals surface area contributed by atoms with Crippen molar-refractivity contribution in [2.45, 2.75) is 26.3 Å². The smallest absolute Gasteiger partial charge is 0.0358 e. The average molecular weight is 175 g/mol. The lowest BCUT2D eigenvalue weighted by Crippen LogP contribution is -2.43. The van der Waals surface area contributed by atoms with Crippen LogP contribution in [0.25, 0.3) is 0 Å². The van der Waals surface area contributed by atoms with Crippen LogP contribution in [-0.2, 0) is 6.42 Å². The van der Waals surface area contributed by atoms with Crippen LogP contribution in [-0.4, -0.2) is 6.54 Å². The molecule has 1 aromatic rings. The summed E-state index contributed by atoms with van der Waals surface area (Å²) in [6.07, 6.45) is 1.13. The molecule has 1 heterocycles. The summed E-state index contributed by atoms with van der Waals surface area (Å²) >= 11 is 0. The highest BCUT2D eigenvalue weighted by molar-refractivity contribution is 5.26. The number of aryl methyl sites for hydroxylation is 1. The largest absolute Gasteiger partial charge is 0.309 e. The Morgan fingerprint density at radius 1 is 1.31 bits per heavy atom. The van der Waals surface area contributed by atoms with Gasteiger partial charge in [-0.3, -0.25) is 0 Å². The first-order chi connectivity index (χ1) is 6.31. The van der Waals surface area contributed by atoms with Crippen LogP contribution in [0.1, 0.15) is 31.0 Å². The molecule has 1 heteroatoms. The molecule has 0 spiro atoms. The number of hydrogen-bond donors (Lipinski definition) is 1. The molecule has 1 aliphatic heterocycles. The lowest BCUT2D eigenvalue weighted by Gasteiger charge is -2.36. The van der Waals surface area contributed by atoms with Gasteiger partial charge in [0.25, 0.3) is 0 Å². The van der Waals surface area contributed by atoms with Gasteiger partial charge < -0.3 is 5.32 Å². The molecule has 1 aromatic carbocycles. The summed E-state index contributed by atoms with van der Waals surface area (Å²) in [5.41, 5.74) is 2.87. The average Bonchev–Trinajstić information content (AvgIpc) is 2.17. The molecule has 2 atom stereocenters. The highest BCUT2D eigenvalue weighted by Gasteiger charge is 2.26. The zero-order valence-corrected chi connectivity index (χ0v) is 8.38. The molecule has 0 radical (unpaired) electrons. The Balaban J connectivity index is 2.13. The van der Waals surface area contributed by atoms with Crippen LogP contribution < -0.4 is 5.32 Å². The van der Waals surface area contributed by atoms with Gasteiger partial charge in [0, 0.05) is 12.6 Å². The van der Waals surface area contributed by atoms with Crippen LogP contribution >= 0.6 is 0 Å². The zero-order valence-electron chi connectivity index (χ0n) is 8.38. The molecule has 1 nitrogen and oxygen atoms in total. The molecule has 2 unspecified atom stereocenters. The molecule has 0 aliphatic carbocycles. The van der Waals surface area contributed by atoms with Gasteiger partial charge in [-0.25, -0.2) is 0 Å². The van der Waals surface area contributed by atoms with Crippen LogP contribution in [0.5, 0.6) is 0 Å². The minimum absolute atomic E-state index is 0.603. The third-order valence-electron chi connectivity index (χ3n) is 2.98. The Hall–Kier alpha value is -0.820. The van der Waals surface area contributed by atoms with Gasteiger partial charge in [-0.05, 0) is 23.5 Å². The van der Waals surface area contributed by atoms with Gasteiger partial charge in [0.2, 0.25) is 0 Å². The van der Waals surface area contributed by atoms with Gasteiger partial charge in [0.15, 0.2) is 0 Å². The van der Waals surface area contributed by atoms with Crippen molar-refractivity contribution in [2.75, 3.05) is 6.54 Å². The van der Waals surface area contributed by atoms with E-state index in [1.165, 1.54) is 17.7 Å². The SMILES string of the molecule is CCc1ccc(C2NCC2C)cc1. The van der Waals surface area contributed by atoms with E-state index in [0.29, 0.717) is 6.04 Å². The van der Waals surface area contributed by atoms with Crippen molar-refractivity contribution >= 4 is 0 Å². The maximum absolute atomic E-state index is 3.45.